The minimum absolute atomic E-state index is 0.159. The Kier molecular flexibility index (Phi) is 3.89. The maximum atomic E-state index is 11.5. The number of carbonyl (C=O) groups is 1. The number of likely N-dealkylation sites (N-methyl/N-ethyl adjacent to an activating group) is 1. The van der Waals surface area contributed by atoms with Crippen LogP contribution in [0.4, 0.5) is 0 Å². The summed E-state index contributed by atoms with van der Waals surface area (Å²) in [6, 6.07) is 0.230. The smallest absolute Gasteiger partial charge is 0.236 e. The average molecular weight is 199 g/mol. The van der Waals surface area contributed by atoms with Gasteiger partial charge in [-0.2, -0.15) is 0 Å². The van der Waals surface area contributed by atoms with E-state index >= 15 is 0 Å². The third-order valence-corrected chi connectivity index (χ3v) is 2.63. The van der Waals surface area contributed by atoms with E-state index < -0.39 is 0 Å². The summed E-state index contributed by atoms with van der Waals surface area (Å²) >= 11 is 0. The molecule has 2 atom stereocenters. The molecule has 2 N–H and O–H groups in total. The number of hydrogen-bond donors (Lipinski definition) is 1. The Hall–Kier alpha value is -0.610. The van der Waals surface area contributed by atoms with Crippen LogP contribution in [0.2, 0.25) is 0 Å². The van der Waals surface area contributed by atoms with Crippen LogP contribution >= 0.6 is 0 Å². The number of nitrogens with zero attached hydrogens (tertiary/aromatic N) is 2. The summed E-state index contributed by atoms with van der Waals surface area (Å²) < 4.78 is 0. The maximum Gasteiger partial charge on any atom is 0.236 e. The highest BCUT2D eigenvalue weighted by atomic mass is 16.2. The van der Waals surface area contributed by atoms with Gasteiger partial charge in [0.2, 0.25) is 5.91 Å². The van der Waals surface area contributed by atoms with Crippen LogP contribution in [0.25, 0.3) is 0 Å². The van der Waals surface area contributed by atoms with Gasteiger partial charge < -0.3 is 10.6 Å². The van der Waals surface area contributed by atoms with Crippen LogP contribution in [0.1, 0.15) is 13.3 Å². The largest absolute Gasteiger partial charge is 0.348 e. The molecule has 1 heterocycles. The molecule has 1 amide bonds. The minimum Gasteiger partial charge on any atom is -0.348 e. The van der Waals surface area contributed by atoms with Crippen LogP contribution in [0.5, 0.6) is 0 Å². The molecule has 1 aliphatic rings. The van der Waals surface area contributed by atoms with E-state index in [1.807, 2.05) is 0 Å². The summed E-state index contributed by atoms with van der Waals surface area (Å²) in [5.74, 6) is 0.764. The van der Waals surface area contributed by atoms with Gasteiger partial charge in [-0.15, -0.1) is 0 Å². The third kappa shape index (κ3) is 3.27. The predicted molar refractivity (Wildman–Crippen MR) is 56.9 cm³/mol. The van der Waals surface area contributed by atoms with Crippen molar-refractivity contribution in [1.82, 2.24) is 9.80 Å². The predicted octanol–water partition coefficient (Wildman–Crippen LogP) is -0.256. The molecule has 1 fully saturated rings. The van der Waals surface area contributed by atoms with E-state index in [1.165, 1.54) is 0 Å². The second kappa shape index (κ2) is 4.75. The van der Waals surface area contributed by atoms with Crippen molar-refractivity contribution in [2.24, 2.45) is 11.7 Å². The van der Waals surface area contributed by atoms with Gasteiger partial charge in [0.1, 0.15) is 0 Å². The molecule has 0 spiro atoms. The quantitative estimate of drug-likeness (QED) is 0.667. The number of rotatable bonds is 2. The van der Waals surface area contributed by atoms with Crippen molar-refractivity contribution in [2.45, 2.75) is 19.4 Å². The van der Waals surface area contributed by atoms with Crippen LogP contribution < -0.4 is 5.73 Å². The van der Waals surface area contributed by atoms with Gasteiger partial charge in [-0.05, 0) is 12.3 Å². The van der Waals surface area contributed by atoms with Gasteiger partial charge in [0.05, 0.1) is 6.54 Å². The number of hydrogen-bond acceptors (Lipinski definition) is 3. The van der Waals surface area contributed by atoms with Crippen molar-refractivity contribution in [1.29, 1.82) is 0 Å². The maximum absolute atomic E-state index is 11.5. The van der Waals surface area contributed by atoms with Crippen LogP contribution in [0, 0.1) is 5.92 Å². The Labute approximate surface area is 86.0 Å². The van der Waals surface area contributed by atoms with Crippen molar-refractivity contribution in [3.8, 4) is 0 Å². The van der Waals surface area contributed by atoms with E-state index in [4.69, 9.17) is 5.73 Å². The average Bonchev–Trinajstić information content (AvgIpc) is 2.01. The summed E-state index contributed by atoms with van der Waals surface area (Å²) in [4.78, 5) is 15.3. The molecule has 2 unspecified atom stereocenters. The van der Waals surface area contributed by atoms with Gasteiger partial charge in [-0.3, -0.25) is 9.69 Å². The van der Waals surface area contributed by atoms with Crippen molar-refractivity contribution in [3.63, 3.8) is 0 Å². The molecule has 0 radical (unpaired) electrons. The van der Waals surface area contributed by atoms with E-state index in [1.54, 1.807) is 19.0 Å². The Morgan fingerprint density at radius 2 is 2.14 bits per heavy atom. The highest BCUT2D eigenvalue weighted by Gasteiger charge is 2.23. The molecule has 0 aromatic rings. The van der Waals surface area contributed by atoms with Crippen LogP contribution in [0.15, 0.2) is 0 Å². The van der Waals surface area contributed by atoms with E-state index in [0.29, 0.717) is 12.5 Å². The molecule has 4 nitrogen and oxygen atoms in total. The second-order valence-electron chi connectivity index (χ2n) is 4.58. The topological polar surface area (TPSA) is 49.6 Å². The highest BCUT2D eigenvalue weighted by molar-refractivity contribution is 5.77. The Balaban J connectivity index is 2.40. The minimum atomic E-state index is 0.159. The van der Waals surface area contributed by atoms with E-state index in [2.05, 4.69) is 11.8 Å². The molecule has 0 bridgehead atoms. The molecule has 82 valence electrons. The van der Waals surface area contributed by atoms with E-state index in [-0.39, 0.29) is 11.9 Å². The number of piperidine rings is 1. The van der Waals surface area contributed by atoms with Crippen molar-refractivity contribution < 1.29 is 4.79 Å². The standard InChI is InChI=1S/C10H21N3O/c1-8-4-9(11)6-13(5-8)7-10(14)12(2)3/h8-9H,4-7,11H2,1-3H3. The van der Waals surface area contributed by atoms with Crippen molar-refractivity contribution in [2.75, 3.05) is 33.7 Å². The molecular weight excluding hydrogens is 178 g/mol. The fourth-order valence-corrected chi connectivity index (χ4v) is 1.97. The fraction of sp³-hybridized carbons (Fsp3) is 0.900. The summed E-state index contributed by atoms with van der Waals surface area (Å²) in [5, 5.41) is 0. The summed E-state index contributed by atoms with van der Waals surface area (Å²) in [6.45, 7) is 4.54. The molecule has 1 rings (SSSR count). The first-order valence-corrected chi connectivity index (χ1v) is 5.17. The second-order valence-corrected chi connectivity index (χ2v) is 4.58. The van der Waals surface area contributed by atoms with Crippen LogP contribution in [0.3, 0.4) is 0 Å². The number of nitrogens with two attached hydrogens (primary N) is 1. The van der Waals surface area contributed by atoms with Crippen LogP contribution in [-0.2, 0) is 4.79 Å². The fourth-order valence-electron chi connectivity index (χ4n) is 1.97. The molecule has 14 heavy (non-hydrogen) atoms. The molecule has 1 saturated heterocycles. The summed E-state index contributed by atoms with van der Waals surface area (Å²) in [5.41, 5.74) is 5.90. The van der Waals surface area contributed by atoms with Crippen molar-refractivity contribution in [3.05, 3.63) is 0 Å². The monoisotopic (exact) mass is 199 g/mol. The SMILES string of the molecule is CC1CC(N)CN(CC(=O)N(C)C)C1. The number of carbonyl (C=O) groups excluding carboxylic acids is 1. The molecule has 0 aliphatic carbocycles. The number of likely N-dealkylation sites (tertiary alicyclic amines) is 1. The van der Waals surface area contributed by atoms with Crippen molar-refractivity contribution >= 4 is 5.91 Å². The summed E-state index contributed by atoms with van der Waals surface area (Å²) in [7, 11) is 3.57. The van der Waals surface area contributed by atoms with E-state index in [9.17, 15) is 4.79 Å². The Morgan fingerprint density at radius 3 is 2.64 bits per heavy atom. The Morgan fingerprint density at radius 1 is 1.50 bits per heavy atom. The third-order valence-electron chi connectivity index (χ3n) is 2.63. The van der Waals surface area contributed by atoms with Gasteiger partial charge >= 0.3 is 0 Å². The van der Waals surface area contributed by atoms with Gasteiger partial charge in [0.25, 0.3) is 0 Å². The highest BCUT2D eigenvalue weighted by Crippen LogP contribution is 2.14. The molecule has 4 heteroatoms. The summed E-state index contributed by atoms with van der Waals surface area (Å²) in [6.07, 6.45) is 1.08. The molecular formula is C10H21N3O. The molecule has 0 aromatic carbocycles. The lowest BCUT2D eigenvalue weighted by Crippen LogP contribution is -2.49. The molecule has 0 saturated carbocycles. The first kappa shape index (κ1) is 11.5. The van der Waals surface area contributed by atoms with Gasteiger partial charge in [0, 0.05) is 33.2 Å². The zero-order valence-corrected chi connectivity index (χ0v) is 9.36. The zero-order chi connectivity index (χ0) is 10.7. The first-order valence-electron chi connectivity index (χ1n) is 5.17. The molecule has 0 aromatic heterocycles. The zero-order valence-electron chi connectivity index (χ0n) is 9.36. The number of amides is 1. The van der Waals surface area contributed by atoms with E-state index in [0.717, 1.165) is 19.5 Å². The molecule has 1 aliphatic heterocycles. The lowest BCUT2D eigenvalue weighted by Gasteiger charge is -2.34. The van der Waals surface area contributed by atoms with Gasteiger partial charge in [0.15, 0.2) is 0 Å². The van der Waals surface area contributed by atoms with Gasteiger partial charge in [-0.1, -0.05) is 6.92 Å². The van der Waals surface area contributed by atoms with Gasteiger partial charge in [-0.25, -0.2) is 0 Å². The first-order chi connectivity index (χ1) is 6.49. The Bertz CT molecular complexity index is 196. The lowest BCUT2D eigenvalue weighted by atomic mass is 9.97. The lowest BCUT2D eigenvalue weighted by molar-refractivity contribution is -0.130. The normalized spacial score (nSPS) is 28.9. The van der Waals surface area contributed by atoms with Crippen LogP contribution in [-0.4, -0.2) is 55.5 Å².